The molecule has 0 N–H and O–H groups in total. The monoisotopic (exact) mass is 266 g/mol. The van der Waals surface area contributed by atoms with Gasteiger partial charge in [-0.25, -0.2) is 4.98 Å². The summed E-state index contributed by atoms with van der Waals surface area (Å²) in [6.45, 7) is 1.07. The first-order valence-corrected chi connectivity index (χ1v) is 5.91. The van der Waals surface area contributed by atoms with E-state index in [0.29, 0.717) is 13.1 Å². The Hall–Kier alpha value is -2.25. The Morgan fingerprint density at radius 3 is 3.00 bits per heavy atom. The Kier molecular flexibility index (Phi) is 3.88. The summed E-state index contributed by atoms with van der Waals surface area (Å²) in [4.78, 5) is 30.9. The molecule has 1 atom stereocenters. The van der Waals surface area contributed by atoms with Gasteiger partial charge in [-0.1, -0.05) is 0 Å². The largest absolute Gasteiger partial charge is 0.476 e. The van der Waals surface area contributed by atoms with Crippen LogP contribution in [0.25, 0.3) is 0 Å². The van der Waals surface area contributed by atoms with Crippen LogP contribution in [0.2, 0.25) is 0 Å². The molecule has 0 bridgehead atoms. The Balaban J connectivity index is 2.38. The first-order chi connectivity index (χ1) is 9.17. The summed E-state index contributed by atoms with van der Waals surface area (Å²) >= 11 is 0. The lowest BCUT2D eigenvalue weighted by Crippen LogP contribution is -2.37. The molecule has 0 saturated carbocycles. The molecule has 2 rings (SSSR count). The summed E-state index contributed by atoms with van der Waals surface area (Å²) in [7, 11) is 1.32. The number of methoxy groups -OCH3 is 1. The van der Waals surface area contributed by atoms with Crippen LogP contribution in [0, 0.1) is 16.0 Å². The maximum absolute atomic E-state index is 11.1. The zero-order valence-electron chi connectivity index (χ0n) is 10.5. The van der Waals surface area contributed by atoms with Crippen LogP contribution in [0.3, 0.4) is 0 Å². The number of piperidine rings is 1. The predicted octanol–water partition coefficient (Wildman–Crippen LogP) is 0.809. The smallest absolute Gasteiger partial charge is 0.372 e. The molecule has 0 spiro atoms. The van der Waals surface area contributed by atoms with Crippen molar-refractivity contribution >= 4 is 17.8 Å². The van der Waals surface area contributed by atoms with Gasteiger partial charge in [-0.2, -0.15) is 4.98 Å². The molecule has 1 saturated heterocycles. The van der Waals surface area contributed by atoms with Crippen molar-refractivity contribution in [1.82, 2.24) is 9.97 Å². The van der Waals surface area contributed by atoms with Crippen LogP contribution in [-0.2, 0) is 4.79 Å². The summed E-state index contributed by atoms with van der Waals surface area (Å²) in [6, 6.07) is 0. The fraction of sp³-hybridized carbons (Fsp3) is 0.545. The van der Waals surface area contributed by atoms with Gasteiger partial charge in [0.05, 0.1) is 12.0 Å². The third-order valence-electron chi connectivity index (χ3n) is 3.10. The van der Waals surface area contributed by atoms with Gasteiger partial charge in [0.1, 0.15) is 12.6 Å². The third-order valence-corrected chi connectivity index (χ3v) is 3.10. The molecule has 0 aliphatic carbocycles. The fourth-order valence-corrected chi connectivity index (χ4v) is 2.21. The highest BCUT2D eigenvalue weighted by atomic mass is 16.6. The maximum atomic E-state index is 11.1. The van der Waals surface area contributed by atoms with Crippen molar-refractivity contribution in [1.29, 1.82) is 0 Å². The summed E-state index contributed by atoms with van der Waals surface area (Å²) in [5.74, 6) is 0.0286. The number of ether oxygens (including phenoxy) is 1. The van der Waals surface area contributed by atoms with E-state index < -0.39 is 4.92 Å². The number of rotatable bonds is 4. The van der Waals surface area contributed by atoms with Crippen LogP contribution in [0.15, 0.2) is 6.33 Å². The second kappa shape index (κ2) is 5.59. The molecule has 1 unspecified atom stereocenters. The van der Waals surface area contributed by atoms with Crippen LogP contribution < -0.4 is 9.64 Å². The van der Waals surface area contributed by atoms with Gasteiger partial charge in [0.25, 0.3) is 5.88 Å². The molecular formula is C11H14N4O4. The van der Waals surface area contributed by atoms with Crippen LogP contribution >= 0.6 is 0 Å². The number of anilines is 1. The van der Waals surface area contributed by atoms with Gasteiger partial charge in [-0.3, -0.25) is 10.1 Å². The lowest BCUT2D eigenvalue weighted by atomic mass is 10.00. The Morgan fingerprint density at radius 1 is 1.58 bits per heavy atom. The molecule has 1 aliphatic rings. The molecule has 0 amide bonds. The van der Waals surface area contributed by atoms with E-state index >= 15 is 0 Å². The molecule has 0 aromatic carbocycles. The van der Waals surface area contributed by atoms with Crippen molar-refractivity contribution in [3.05, 3.63) is 16.4 Å². The molecule has 8 nitrogen and oxygen atoms in total. The lowest BCUT2D eigenvalue weighted by Gasteiger charge is -2.30. The number of nitrogens with zero attached hydrogens (tertiary/aromatic N) is 4. The summed E-state index contributed by atoms with van der Waals surface area (Å²) in [6.07, 6.45) is 3.71. The molecule has 1 aromatic heterocycles. The highest BCUT2D eigenvalue weighted by molar-refractivity contribution is 5.64. The molecule has 1 aromatic rings. The minimum absolute atomic E-state index is 0.0665. The van der Waals surface area contributed by atoms with E-state index in [0.717, 1.165) is 19.1 Å². The molecule has 8 heteroatoms. The van der Waals surface area contributed by atoms with Crippen molar-refractivity contribution in [2.45, 2.75) is 12.8 Å². The van der Waals surface area contributed by atoms with Gasteiger partial charge >= 0.3 is 5.69 Å². The van der Waals surface area contributed by atoms with Gasteiger partial charge in [0.2, 0.25) is 5.82 Å². The van der Waals surface area contributed by atoms with Crippen LogP contribution in [0.4, 0.5) is 11.5 Å². The van der Waals surface area contributed by atoms with Gasteiger partial charge in [0.15, 0.2) is 0 Å². The standard InChI is InChI=1S/C11H14N4O4/c1-19-11-9(15(17)18)10(12-7-13-11)14-4-2-3-8(5-14)6-16/h6-8H,2-5H2,1H3. The molecule has 102 valence electrons. The van der Waals surface area contributed by atoms with E-state index in [1.54, 1.807) is 4.90 Å². The Morgan fingerprint density at radius 2 is 2.37 bits per heavy atom. The van der Waals surface area contributed by atoms with E-state index in [-0.39, 0.29) is 23.3 Å². The maximum Gasteiger partial charge on any atom is 0.372 e. The summed E-state index contributed by atoms with van der Waals surface area (Å²) in [5.41, 5.74) is -0.253. The van der Waals surface area contributed by atoms with Gasteiger partial charge < -0.3 is 14.4 Å². The van der Waals surface area contributed by atoms with Gasteiger partial charge in [-0.15, -0.1) is 0 Å². The molecule has 1 aliphatic heterocycles. The van der Waals surface area contributed by atoms with Crippen molar-refractivity contribution in [3.63, 3.8) is 0 Å². The van der Waals surface area contributed by atoms with E-state index in [2.05, 4.69) is 9.97 Å². The van der Waals surface area contributed by atoms with Crippen LogP contribution in [-0.4, -0.2) is 41.4 Å². The van der Waals surface area contributed by atoms with Crippen molar-refractivity contribution in [2.75, 3.05) is 25.1 Å². The third kappa shape index (κ3) is 2.61. The summed E-state index contributed by atoms with van der Waals surface area (Å²) in [5, 5.41) is 11.1. The fourth-order valence-electron chi connectivity index (χ4n) is 2.21. The topological polar surface area (TPSA) is 98.5 Å². The lowest BCUT2D eigenvalue weighted by molar-refractivity contribution is -0.385. The average molecular weight is 266 g/mol. The molecule has 0 radical (unpaired) electrons. The number of carbonyl (C=O) groups excluding carboxylic acids is 1. The van der Waals surface area contributed by atoms with Gasteiger partial charge in [-0.05, 0) is 12.8 Å². The number of hydrogen-bond donors (Lipinski definition) is 0. The molecule has 2 heterocycles. The Labute approximate surface area is 109 Å². The predicted molar refractivity (Wildman–Crippen MR) is 66.2 cm³/mol. The van der Waals surface area contributed by atoms with Gasteiger partial charge in [0, 0.05) is 19.0 Å². The van der Waals surface area contributed by atoms with E-state index in [1.165, 1.54) is 13.4 Å². The minimum Gasteiger partial charge on any atom is -0.476 e. The van der Waals surface area contributed by atoms with E-state index in [4.69, 9.17) is 4.74 Å². The highest BCUT2D eigenvalue weighted by Gasteiger charge is 2.30. The number of aromatic nitrogens is 2. The van der Waals surface area contributed by atoms with Crippen molar-refractivity contribution in [2.24, 2.45) is 5.92 Å². The summed E-state index contributed by atoms with van der Waals surface area (Å²) < 4.78 is 4.90. The SMILES string of the molecule is COc1ncnc(N2CCCC(C=O)C2)c1[N+](=O)[O-]. The normalized spacial score (nSPS) is 19.0. The zero-order chi connectivity index (χ0) is 13.8. The number of hydrogen-bond acceptors (Lipinski definition) is 7. The zero-order valence-corrected chi connectivity index (χ0v) is 10.5. The molecule has 19 heavy (non-hydrogen) atoms. The number of nitro groups is 1. The second-order valence-corrected chi connectivity index (χ2v) is 4.30. The number of carbonyl (C=O) groups is 1. The average Bonchev–Trinajstić information content (AvgIpc) is 2.46. The quantitative estimate of drug-likeness (QED) is 0.451. The van der Waals surface area contributed by atoms with E-state index in [9.17, 15) is 14.9 Å². The van der Waals surface area contributed by atoms with Crippen molar-refractivity contribution in [3.8, 4) is 5.88 Å². The minimum atomic E-state index is -0.557. The first kappa shape index (κ1) is 13.2. The van der Waals surface area contributed by atoms with Crippen LogP contribution in [0.5, 0.6) is 5.88 Å². The van der Waals surface area contributed by atoms with Crippen molar-refractivity contribution < 1.29 is 14.5 Å². The highest BCUT2D eigenvalue weighted by Crippen LogP contribution is 2.34. The molecule has 1 fully saturated rings. The Bertz CT molecular complexity index is 494. The van der Waals surface area contributed by atoms with Crippen LogP contribution in [0.1, 0.15) is 12.8 Å². The number of aldehydes is 1. The first-order valence-electron chi connectivity index (χ1n) is 5.91. The second-order valence-electron chi connectivity index (χ2n) is 4.30. The van der Waals surface area contributed by atoms with E-state index in [1.807, 2.05) is 0 Å². The molecular weight excluding hydrogens is 252 g/mol.